The minimum atomic E-state index is -0.140. The van der Waals surface area contributed by atoms with Gasteiger partial charge in [0.05, 0.1) is 6.61 Å². The Labute approximate surface area is 102 Å². The molecule has 0 amide bonds. The lowest BCUT2D eigenvalue weighted by Gasteiger charge is -2.27. The summed E-state index contributed by atoms with van der Waals surface area (Å²) in [6.45, 7) is 2.30. The highest BCUT2D eigenvalue weighted by molar-refractivity contribution is 5.80. The van der Waals surface area contributed by atoms with E-state index in [9.17, 15) is 4.79 Å². The molecule has 0 saturated heterocycles. The Bertz CT molecular complexity index is 403. The molecule has 0 aromatic heterocycles. The van der Waals surface area contributed by atoms with E-state index in [0.29, 0.717) is 6.61 Å². The molecule has 17 heavy (non-hydrogen) atoms. The number of esters is 1. The average molecular weight is 233 g/mol. The number of carbonyl (C=O) groups is 1. The molecule has 0 aliphatic carbocycles. The Morgan fingerprint density at radius 1 is 1.47 bits per heavy atom. The van der Waals surface area contributed by atoms with Gasteiger partial charge in [-0.2, -0.15) is 0 Å². The van der Waals surface area contributed by atoms with Crippen molar-refractivity contribution in [3.63, 3.8) is 0 Å². The standard InChI is InChI=1S/C14H19NO2/c1-3-17-14(16)13-10-6-8-11-7-4-5-9-12(11)15(13)2/h4-5,7,9,13H,3,6,8,10H2,1-2H3. The van der Waals surface area contributed by atoms with Gasteiger partial charge < -0.3 is 9.64 Å². The van der Waals surface area contributed by atoms with Gasteiger partial charge in [0.1, 0.15) is 6.04 Å². The van der Waals surface area contributed by atoms with Gasteiger partial charge in [-0.1, -0.05) is 18.2 Å². The lowest BCUT2D eigenvalue weighted by atomic mass is 10.1. The Morgan fingerprint density at radius 2 is 2.24 bits per heavy atom. The number of nitrogens with zero attached hydrogens (tertiary/aromatic N) is 1. The first-order chi connectivity index (χ1) is 8.24. The fourth-order valence-corrected chi connectivity index (χ4v) is 2.43. The summed E-state index contributed by atoms with van der Waals surface area (Å²) in [5.41, 5.74) is 2.48. The number of anilines is 1. The van der Waals surface area contributed by atoms with Gasteiger partial charge in [-0.25, -0.2) is 4.79 Å². The lowest BCUT2D eigenvalue weighted by molar-refractivity contribution is -0.144. The number of carbonyl (C=O) groups excluding carboxylic acids is 1. The van der Waals surface area contributed by atoms with E-state index in [1.807, 2.05) is 20.0 Å². The van der Waals surface area contributed by atoms with Crippen LogP contribution in [0.2, 0.25) is 0 Å². The van der Waals surface area contributed by atoms with Crippen LogP contribution < -0.4 is 4.90 Å². The Morgan fingerprint density at radius 3 is 3.00 bits per heavy atom. The molecule has 1 aliphatic heterocycles. The Hall–Kier alpha value is -1.51. The molecule has 1 atom stereocenters. The van der Waals surface area contributed by atoms with Gasteiger partial charge in [0.2, 0.25) is 0 Å². The van der Waals surface area contributed by atoms with Crippen LogP contribution in [0.15, 0.2) is 24.3 Å². The van der Waals surface area contributed by atoms with Gasteiger partial charge in [-0.15, -0.1) is 0 Å². The van der Waals surface area contributed by atoms with E-state index >= 15 is 0 Å². The third-order valence-electron chi connectivity index (χ3n) is 3.32. The van der Waals surface area contributed by atoms with Gasteiger partial charge in [0, 0.05) is 12.7 Å². The minimum Gasteiger partial charge on any atom is -0.464 e. The summed E-state index contributed by atoms with van der Waals surface area (Å²) in [5.74, 6) is -0.105. The van der Waals surface area contributed by atoms with Crippen molar-refractivity contribution < 1.29 is 9.53 Å². The maximum Gasteiger partial charge on any atom is 0.328 e. The number of ether oxygens (including phenoxy) is 1. The molecule has 1 aliphatic rings. The highest BCUT2D eigenvalue weighted by Crippen LogP contribution is 2.28. The normalized spacial score (nSPS) is 19.4. The second-order valence-electron chi connectivity index (χ2n) is 4.40. The maximum atomic E-state index is 11.9. The molecule has 3 heteroatoms. The Kier molecular flexibility index (Phi) is 3.67. The zero-order chi connectivity index (χ0) is 12.3. The minimum absolute atomic E-state index is 0.105. The van der Waals surface area contributed by atoms with E-state index < -0.39 is 0 Å². The SMILES string of the molecule is CCOC(=O)C1CCCc2ccccc2N1C. The van der Waals surface area contributed by atoms with Crippen molar-refractivity contribution in [3.05, 3.63) is 29.8 Å². The van der Waals surface area contributed by atoms with Crippen LogP contribution in [0.5, 0.6) is 0 Å². The topological polar surface area (TPSA) is 29.5 Å². The van der Waals surface area contributed by atoms with Crippen LogP contribution >= 0.6 is 0 Å². The molecule has 1 heterocycles. The number of benzene rings is 1. The number of para-hydroxylation sites is 1. The van der Waals surface area contributed by atoms with E-state index in [2.05, 4.69) is 23.1 Å². The first-order valence-corrected chi connectivity index (χ1v) is 6.21. The molecule has 1 aromatic rings. The van der Waals surface area contributed by atoms with Crippen LogP contribution in [0.4, 0.5) is 5.69 Å². The van der Waals surface area contributed by atoms with E-state index in [1.165, 1.54) is 5.56 Å². The van der Waals surface area contributed by atoms with Crippen molar-refractivity contribution >= 4 is 11.7 Å². The zero-order valence-electron chi connectivity index (χ0n) is 10.5. The van der Waals surface area contributed by atoms with Crippen LogP contribution in [0, 0.1) is 0 Å². The number of likely N-dealkylation sites (N-methyl/N-ethyl adjacent to an activating group) is 1. The van der Waals surface area contributed by atoms with Crippen molar-refractivity contribution in [3.8, 4) is 0 Å². The smallest absolute Gasteiger partial charge is 0.328 e. The van der Waals surface area contributed by atoms with Crippen LogP contribution in [-0.4, -0.2) is 25.7 Å². The highest BCUT2D eigenvalue weighted by atomic mass is 16.5. The fourth-order valence-electron chi connectivity index (χ4n) is 2.43. The third kappa shape index (κ3) is 2.43. The molecule has 92 valence electrons. The molecule has 0 N–H and O–H groups in total. The molecule has 3 nitrogen and oxygen atoms in total. The van der Waals surface area contributed by atoms with Crippen LogP contribution in [0.25, 0.3) is 0 Å². The van der Waals surface area contributed by atoms with Gasteiger partial charge in [0.25, 0.3) is 0 Å². The number of fused-ring (bicyclic) bond motifs is 1. The number of aryl methyl sites for hydroxylation is 1. The van der Waals surface area contributed by atoms with E-state index in [4.69, 9.17) is 4.74 Å². The molecule has 2 rings (SSSR count). The van der Waals surface area contributed by atoms with Crippen molar-refractivity contribution in [1.82, 2.24) is 0 Å². The predicted molar refractivity (Wildman–Crippen MR) is 68.2 cm³/mol. The van der Waals surface area contributed by atoms with E-state index in [1.54, 1.807) is 0 Å². The second-order valence-corrected chi connectivity index (χ2v) is 4.40. The van der Waals surface area contributed by atoms with E-state index in [0.717, 1.165) is 24.9 Å². The van der Waals surface area contributed by atoms with Crippen molar-refractivity contribution in [2.75, 3.05) is 18.6 Å². The summed E-state index contributed by atoms with van der Waals surface area (Å²) in [6, 6.07) is 8.14. The quantitative estimate of drug-likeness (QED) is 0.735. The summed E-state index contributed by atoms with van der Waals surface area (Å²) >= 11 is 0. The molecule has 0 fully saturated rings. The molecular weight excluding hydrogens is 214 g/mol. The van der Waals surface area contributed by atoms with Gasteiger partial charge in [-0.05, 0) is 37.8 Å². The van der Waals surface area contributed by atoms with Crippen LogP contribution in [-0.2, 0) is 16.0 Å². The number of rotatable bonds is 2. The molecule has 0 saturated carbocycles. The number of hydrogen-bond donors (Lipinski definition) is 0. The molecule has 1 aromatic carbocycles. The summed E-state index contributed by atoms with van der Waals surface area (Å²) < 4.78 is 5.14. The first kappa shape index (κ1) is 12.0. The molecule has 0 bridgehead atoms. The van der Waals surface area contributed by atoms with Crippen molar-refractivity contribution in [2.45, 2.75) is 32.2 Å². The summed E-state index contributed by atoms with van der Waals surface area (Å²) in [5, 5.41) is 0. The van der Waals surface area contributed by atoms with Crippen molar-refractivity contribution in [2.24, 2.45) is 0 Å². The largest absolute Gasteiger partial charge is 0.464 e. The second kappa shape index (κ2) is 5.21. The van der Waals surface area contributed by atoms with Gasteiger partial charge in [0.15, 0.2) is 0 Å². The molecule has 0 spiro atoms. The first-order valence-electron chi connectivity index (χ1n) is 6.21. The molecule has 0 radical (unpaired) electrons. The molecular formula is C14H19NO2. The maximum absolute atomic E-state index is 11.9. The third-order valence-corrected chi connectivity index (χ3v) is 3.32. The van der Waals surface area contributed by atoms with Crippen LogP contribution in [0.3, 0.4) is 0 Å². The highest BCUT2D eigenvalue weighted by Gasteiger charge is 2.27. The Balaban J connectivity index is 2.25. The fraction of sp³-hybridized carbons (Fsp3) is 0.500. The monoisotopic (exact) mass is 233 g/mol. The van der Waals surface area contributed by atoms with Gasteiger partial charge >= 0.3 is 5.97 Å². The summed E-state index contributed by atoms with van der Waals surface area (Å²) in [4.78, 5) is 14.0. The predicted octanol–water partition coefficient (Wildman–Crippen LogP) is 2.39. The average Bonchev–Trinajstić information content (AvgIpc) is 2.50. The zero-order valence-corrected chi connectivity index (χ0v) is 10.5. The van der Waals surface area contributed by atoms with Gasteiger partial charge in [-0.3, -0.25) is 0 Å². The molecule has 1 unspecified atom stereocenters. The number of hydrogen-bond acceptors (Lipinski definition) is 3. The van der Waals surface area contributed by atoms with Crippen molar-refractivity contribution in [1.29, 1.82) is 0 Å². The summed E-state index contributed by atoms with van der Waals surface area (Å²) in [6.07, 6.45) is 2.94. The lowest BCUT2D eigenvalue weighted by Crippen LogP contribution is -2.39. The summed E-state index contributed by atoms with van der Waals surface area (Å²) in [7, 11) is 1.98. The van der Waals surface area contributed by atoms with Crippen LogP contribution in [0.1, 0.15) is 25.3 Å². The van der Waals surface area contributed by atoms with E-state index in [-0.39, 0.29) is 12.0 Å².